The van der Waals surface area contributed by atoms with Gasteiger partial charge in [0.1, 0.15) is 0 Å². The second kappa shape index (κ2) is 3.90. The van der Waals surface area contributed by atoms with E-state index in [1.165, 1.54) is 18.6 Å². The molecule has 3 heteroatoms. The molecular formula is C9H12N2S. The molecule has 0 radical (unpaired) electrons. The highest BCUT2D eigenvalue weighted by Gasteiger charge is 2.16. The van der Waals surface area contributed by atoms with Crippen LogP contribution in [0.15, 0.2) is 18.3 Å². The maximum atomic E-state index is 4.08. The molecule has 1 aromatic rings. The molecule has 0 aliphatic carbocycles. The van der Waals surface area contributed by atoms with Crippen molar-refractivity contribution in [3.63, 3.8) is 0 Å². The third-order valence-corrected chi connectivity index (χ3v) is 3.49. The predicted octanol–water partition coefficient (Wildman–Crippen LogP) is 1.91. The Hall–Kier alpha value is -0.570. The van der Waals surface area contributed by atoms with Crippen molar-refractivity contribution in [1.29, 1.82) is 0 Å². The number of aromatic nitrogens is 2. The molecule has 2 nitrogen and oxygen atoms in total. The molecule has 2 heterocycles. The monoisotopic (exact) mass is 180 g/mol. The average Bonchev–Trinajstić information content (AvgIpc) is 2.59. The molecule has 1 aliphatic heterocycles. The van der Waals surface area contributed by atoms with Gasteiger partial charge < -0.3 is 0 Å². The molecule has 12 heavy (non-hydrogen) atoms. The number of rotatable bonds is 2. The van der Waals surface area contributed by atoms with Crippen LogP contribution in [-0.4, -0.2) is 21.2 Å². The zero-order valence-corrected chi connectivity index (χ0v) is 7.76. The summed E-state index contributed by atoms with van der Waals surface area (Å²) in [6, 6.07) is 4.02. The molecule has 0 bridgehead atoms. The molecule has 1 saturated heterocycles. The van der Waals surface area contributed by atoms with E-state index in [-0.39, 0.29) is 0 Å². The second-order valence-corrected chi connectivity index (χ2v) is 4.46. The van der Waals surface area contributed by atoms with Gasteiger partial charge in [-0.05, 0) is 30.7 Å². The van der Waals surface area contributed by atoms with Crippen molar-refractivity contribution in [2.24, 2.45) is 0 Å². The van der Waals surface area contributed by atoms with Gasteiger partial charge >= 0.3 is 0 Å². The Morgan fingerprint density at radius 2 is 2.58 bits per heavy atom. The van der Waals surface area contributed by atoms with Crippen molar-refractivity contribution in [2.75, 3.05) is 5.75 Å². The molecule has 1 unspecified atom stereocenters. The molecule has 1 aromatic heterocycles. The lowest BCUT2D eigenvalue weighted by Crippen LogP contribution is -2.03. The highest BCUT2D eigenvalue weighted by atomic mass is 32.2. The summed E-state index contributed by atoms with van der Waals surface area (Å²) in [5.74, 6) is 1.32. The highest BCUT2D eigenvalue weighted by molar-refractivity contribution is 8.00. The van der Waals surface area contributed by atoms with Gasteiger partial charge in [0.05, 0.1) is 5.69 Å². The molecule has 2 rings (SSSR count). The van der Waals surface area contributed by atoms with Gasteiger partial charge in [0, 0.05) is 17.9 Å². The van der Waals surface area contributed by atoms with Gasteiger partial charge in [-0.3, -0.25) is 0 Å². The van der Waals surface area contributed by atoms with Gasteiger partial charge in [0.2, 0.25) is 0 Å². The zero-order valence-electron chi connectivity index (χ0n) is 6.94. The third kappa shape index (κ3) is 1.97. The number of nitrogens with zero attached hydrogens (tertiary/aromatic N) is 2. The van der Waals surface area contributed by atoms with Crippen LogP contribution in [0.5, 0.6) is 0 Å². The summed E-state index contributed by atoms with van der Waals surface area (Å²) < 4.78 is 0. The Labute approximate surface area is 76.8 Å². The van der Waals surface area contributed by atoms with Gasteiger partial charge in [-0.15, -0.1) is 0 Å². The number of hydrogen-bond acceptors (Lipinski definition) is 3. The summed E-state index contributed by atoms with van der Waals surface area (Å²) in [6.45, 7) is 0. The van der Waals surface area contributed by atoms with Crippen LogP contribution in [0.25, 0.3) is 0 Å². The van der Waals surface area contributed by atoms with E-state index in [1.54, 1.807) is 6.20 Å². The first-order chi connectivity index (χ1) is 5.95. The fourth-order valence-corrected chi connectivity index (χ4v) is 2.77. The van der Waals surface area contributed by atoms with Crippen LogP contribution in [-0.2, 0) is 6.42 Å². The average molecular weight is 180 g/mol. The van der Waals surface area contributed by atoms with E-state index in [9.17, 15) is 0 Å². The quantitative estimate of drug-likeness (QED) is 0.695. The minimum atomic E-state index is 0.793. The molecule has 1 atom stereocenters. The van der Waals surface area contributed by atoms with Crippen LogP contribution in [0.1, 0.15) is 18.5 Å². The SMILES string of the molecule is c1cnnc(CC2CCCS2)c1. The van der Waals surface area contributed by atoms with E-state index in [4.69, 9.17) is 0 Å². The first-order valence-electron chi connectivity index (χ1n) is 4.33. The Bertz CT molecular complexity index is 232. The molecule has 0 spiro atoms. The molecule has 0 aromatic carbocycles. The van der Waals surface area contributed by atoms with E-state index in [1.807, 2.05) is 6.07 Å². The fourth-order valence-electron chi connectivity index (χ4n) is 1.48. The Kier molecular flexibility index (Phi) is 2.61. The Morgan fingerprint density at radius 1 is 1.58 bits per heavy atom. The maximum Gasteiger partial charge on any atom is 0.0642 e. The van der Waals surface area contributed by atoms with Crippen molar-refractivity contribution in [1.82, 2.24) is 10.2 Å². The van der Waals surface area contributed by atoms with Gasteiger partial charge in [-0.1, -0.05) is 0 Å². The molecule has 0 saturated carbocycles. The van der Waals surface area contributed by atoms with Gasteiger partial charge in [0.15, 0.2) is 0 Å². The maximum absolute atomic E-state index is 4.08. The minimum absolute atomic E-state index is 0.793. The van der Waals surface area contributed by atoms with Crippen molar-refractivity contribution >= 4 is 11.8 Å². The number of hydrogen-bond donors (Lipinski definition) is 0. The van der Waals surface area contributed by atoms with Crippen molar-refractivity contribution in [2.45, 2.75) is 24.5 Å². The van der Waals surface area contributed by atoms with Crippen LogP contribution in [0, 0.1) is 0 Å². The summed E-state index contributed by atoms with van der Waals surface area (Å²) in [5.41, 5.74) is 1.14. The molecule has 64 valence electrons. The lowest BCUT2D eigenvalue weighted by Gasteiger charge is -2.05. The van der Waals surface area contributed by atoms with Crippen molar-refractivity contribution < 1.29 is 0 Å². The van der Waals surface area contributed by atoms with Crippen LogP contribution in [0.2, 0.25) is 0 Å². The lowest BCUT2D eigenvalue weighted by atomic mass is 10.1. The normalized spacial score (nSPS) is 22.8. The van der Waals surface area contributed by atoms with Crippen molar-refractivity contribution in [3.05, 3.63) is 24.0 Å². The van der Waals surface area contributed by atoms with Gasteiger partial charge in [-0.2, -0.15) is 22.0 Å². The Balaban J connectivity index is 1.94. The van der Waals surface area contributed by atoms with E-state index in [0.29, 0.717) is 0 Å². The van der Waals surface area contributed by atoms with E-state index in [2.05, 4.69) is 28.0 Å². The standard InChI is InChI=1S/C9H12N2S/c1-3-8(11-10-5-1)7-9-4-2-6-12-9/h1,3,5,9H,2,4,6-7H2. The third-order valence-electron chi connectivity index (χ3n) is 2.09. The van der Waals surface area contributed by atoms with Gasteiger partial charge in [-0.25, -0.2) is 0 Å². The largest absolute Gasteiger partial charge is 0.159 e. The first-order valence-corrected chi connectivity index (χ1v) is 5.38. The van der Waals surface area contributed by atoms with Crippen molar-refractivity contribution in [3.8, 4) is 0 Å². The summed E-state index contributed by atoms with van der Waals surface area (Å²) >= 11 is 2.07. The van der Waals surface area contributed by atoms with E-state index in [0.717, 1.165) is 17.4 Å². The summed E-state index contributed by atoms with van der Waals surface area (Å²) in [5, 5.41) is 8.74. The van der Waals surface area contributed by atoms with Gasteiger partial charge in [0.25, 0.3) is 0 Å². The summed E-state index contributed by atoms with van der Waals surface area (Å²) in [7, 11) is 0. The summed E-state index contributed by atoms with van der Waals surface area (Å²) in [4.78, 5) is 0. The minimum Gasteiger partial charge on any atom is -0.159 e. The Morgan fingerprint density at radius 3 is 3.25 bits per heavy atom. The van der Waals surface area contributed by atoms with E-state index >= 15 is 0 Å². The predicted molar refractivity (Wildman–Crippen MR) is 51.2 cm³/mol. The molecule has 1 fully saturated rings. The zero-order chi connectivity index (χ0) is 8.23. The second-order valence-electron chi connectivity index (χ2n) is 3.05. The highest BCUT2D eigenvalue weighted by Crippen LogP contribution is 2.28. The topological polar surface area (TPSA) is 25.8 Å². The smallest absolute Gasteiger partial charge is 0.0642 e. The molecule has 1 aliphatic rings. The van der Waals surface area contributed by atoms with Crippen LogP contribution in [0.4, 0.5) is 0 Å². The molecular weight excluding hydrogens is 168 g/mol. The number of thioether (sulfide) groups is 1. The van der Waals surface area contributed by atoms with Crippen LogP contribution >= 0.6 is 11.8 Å². The van der Waals surface area contributed by atoms with Crippen LogP contribution in [0.3, 0.4) is 0 Å². The first kappa shape index (κ1) is 8.05. The van der Waals surface area contributed by atoms with E-state index < -0.39 is 0 Å². The summed E-state index contributed by atoms with van der Waals surface area (Å²) in [6.07, 6.45) is 5.54. The lowest BCUT2D eigenvalue weighted by molar-refractivity contribution is 0.751. The fraction of sp³-hybridized carbons (Fsp3) is 0.556. The molecule has 0 N–H and O–H groups in total. The molecule has 0 amide bonds. The van der Waals surface area contributed by atoms with Crippen LogP contribution < -0.4 is 0 Å².